The van der Waals surface area contributed by atoms with Gasteiger partial charge in [0.2, 0.25) is 5.13 Å². The van der Waals surface area contributed by atoms with Crippen LogP contribution in [0.3, 0.4) is 0 Å². The predicted octanol–water partition coefficient (Wildman–Crippen LogP) is 3.10. The second-order valence-corrected chi connectivity index (χ2v) is 8.04. The summed E-state index contributed by atoms with van der Waals surface area (Å²) in [5, 5.41) is 11.5. The van der Waals surface area contributed by atoms with Gasteiger partial charge >= 0.3 is 5.97 Å². The lowest BCUT2D eigenvalue weighted by atomic mass is 10.1. The number of halogens is 1. The summed E-state index contributed by atoms with van der Waals surface area (Å²) in [5.74, 6) is -2.50. The number of ether oxygens (including phenoxy) is 1. The standard InChI is InChI=1S/C20H13ClN4O5S/c1-10-23-24-20(31-10)25-17(27)14-7-2-11(8-15(14)18(25)28)19(29)30-9-16(26)22-13-5-3-12(21)4-6-13/h2-8H,9H2,1H3,(H,22,26). The molecule has 2 heterocycles. The molecular formula is C20H13ClN4O5S. The van der Waals surface area contributed by atoms with Crippen LogP contribution in [-0.2, 0) is 9.53 Å². The molecule has 4 rings (SSSR count). The maximum atomic E-state index is 12.7. The molecule has 0 bridgehead atoms. The Labute approximate surface area is 184 Å². The molecule has 31 heavy (non-hydrogen) atoms. The highest BCUT2D eigenvalue weighted by atomic mass is 35.5. The Hall–Kier alpha value is -3.63. The van der Waals surface area contributed by atoms with Gasteiger partial charge in [-0.2, -0.15) is 0 Å². The molecule has 1 N–H and O–H groups in total. The number of hydrogen-bond donors (Lipinski definition) is 1. The summed E-state index contributed by atoms with van der Waals surface area (Å²) in [4.78, 5) is 50.5. The van der Waals surface area contributed by atoms with Crippen molar-refractivity contribution in [1.29, 1.82) is 0 Å². The Bertz CT molecular complexity index is 1220. The quantitative estimate of drug-likeness (QED) is 0.462. The van der Waals surface area contributed by atoms with Gasteiger partial charge in [0, 0.05) is 10.7 Å². The van der Waals surface area contributed by atoms with Gasteiger partial charge in [0.15, 0.2) is 6.61 Å². The van der Waals surface area contributed by atoms with E-state index in [9.17, 15) is 19.2 Å². The summed E-state index contributed by atoms with van der Waals surface area (Å²) in [6.45, 7) is 1.18. The monoisotopic (exact) mass is 456 g/mol. The van der Waals surface area contributed by atoms with Gasteiger partial charge < -0.3 is 10.1 Å². The molecule has 3 aromatic rings. The molecule has 1 aliphatic heterocycles. The summed E-state index contributed by atoms with van der Waals surface area (Å²) < 4.78 is 5.02. The molecule has 0 radical (unpaired) electrons. The van der Waals surface area contributed by atoms with E-state index >= 15 is 0 Å². The normalized spacial score (nSPS) is 12.6. The summed E-state index contributed by atoms with van der Waals surface area (Å²) in [5.41, 5.74) is 0.737. The first kappa shape index (κ1) is 20.6. The van der Waals surface area contributed by atoms with E-state index in [1.54, 1.807) is 31.2 Å². The molecule has 0 unspecified atom stereocenters. The number of aromatic nitrogens is 2. The third-order valence-electron chi connectivity index (χ3n) is 4.29. The van der Waals surface area contributed by atoms with Crippen molar-refractivity contribution in [3.8, 4) is 0 Å². The van der Waals surface area contributed by atoms with E-state index in [4.69, 9.17) is 16.3 Å². The number of aryl methyl sites for hydroxylation is 1. The first-order valence-corrected chi connectivity index (χ1v) is 10.1. The summed E-state index contributed by atoms with van der Waals surface area (Å²) >= 11 is 6.89. The number of carbonyl (C=O) groups is 4. The molecule has 9 nitrogen and oxygen atoms in total. The van der Waals surface area contributed by atoms with E-state index in [0.717, 1.165) is 16.2 Å². The number of nitrogens with zero attached hydrogens (tertiary/aromatic N) is 3. The fraction of sp³-hybridized carbons (Fsp3) is 0.100. The van der Waals surface area contributed by atoms with Crippen LogP contribution in [0.4, 0.5) is 10.8 Å². The number of carbonyl (C=O) groups excluding carboxylic acids is 4. The molecule has 156 valence electrons. The second kappa shape index (κ2) is 8.25. The van der Waals surface area contributed by atoms with E-state index in [1.165, 1.54) is 18.2 Å². The molecule has 0 fully saturated rings. The highest BCUT2D eigenvalue weighted by molar-refractivity contribution is 7.15. The van der Waals surface area contributed by atoms with Gasteiger partial charge in [0.05, 0.1) is 16.7 Å². The van der Waals surface area contributed by atoms with Crippen LogP contribution in [0.5, 0.6) is 0 Å². The van der Waals surface area contributed by atoms with Crippen LogP contribution in [0, 0.1) is 6.92 Å². The molecule has 3 amide bonds. The van der Waals surface area contributed by atoms with Crippen LogP contribution in [0.2, 0.25) is 5.02 Å². The number of benzene rings is 2. The van der Waals surface area contributed by atoms with Crippen molar-refractivity contribution in [2.24, 2.45) is 0 Å². The Morgan fingerprint density at radius 3 is 2.45 bits per heavy atom. The first-order chi connectivity index (χ1) is 14.8. The third-order valence-corrected chi connectivity index (χ3v) is 5.37. The van der Waals surface area contributed by atoms with Crippen LogP contribution in [0.25, 0.3) is 0 Å². The number of esters is 1. The Kier molecular flexibility index (Phi) is 5.49. The van der Waals surface area contributed by atoms with Crippen LogP contribution in [0.1, 0.15) is 36.1 Å². The van der Waals surface area contributed by atoms with Crippen molar-refractivity contribution in [2.75, 3.05) is 16.8 Å². The van der Waals surface area contributed by atoms with Gasteiger partial charge in [-0.3, -0.25) is 14.4 Å². The lowest BCUT2D eigenvalue weighted by molar-refractivity contribution is -0.119. The van der Waals surface area contributed by atoms with Crippen LogP contribution in [0.15, 0.2) is 42.5 Å². The van der Waals surface area contributed by atoms with E-state index in [0.29, 0.717) is 15.7 Å². The number of hydrogen-bond acceptors (Lipinski definition) is 8. The molecule has 1 aliphatic rings. The van der Waals surface area contributed by atoms with Gasteiger partial charge in [-0.15, -0.1) is 10.2 Å². The maximum Gasteiger partial charge on any atom is 0.338 e. The molecule has 2 aromatic carbocycles. The van der Waals surface area contributed by atoms with Gasteiger partial charge in [-0.25, -0.2) is 9.69 Å². The van der Waals surface area contributed by atoms with E-state index < -0.39 is 30.3 Å². The fourth-order valence-electron chi connectivity index (χ4n) is 2.86. The predicted molar refractivity (Wildman–Crippen MR) is 113 cm³/mol. The topological polar surface area (TPSA) is 119 Å². The molecule has 0 spiro atoms. The van der Waals surface area contributed by atoms with Crippen LogP contribution < -0.4 is 10.2 Å². The summed E-state index contributed by atoms with van der Waals surface area (Å²) in [6.07, 6.45) is 0. The SMILES string of the molecule is Cc1nnc(N2C(=O)c3ccc(C(=O)OCC(=O)Nc4ccc(Cl)cc4)cc3C2=O)s1. The highest BCUT2D eigenvalue weighted by Crippen LogP contribution is 2.31. The lowest BCUT2D eigenvalue weighted by Gasteiger charge is -2.07. The number of anilines is 2. The molecule has 0 saturated carbocycles. The number of amides is 3. The van der Waals surface area contributed by atoms with Crippen LogP contribution in [-0.4, -0.2) is 40.5 Å². The zero-order chi connectivity index (χ0) is 22.1. The number of nitrogens with one attached hydrogen (secondary N) is 1. The van der Waals surface area contributed by atoms with Crippen molar-refractivity contribution < 1.29 is 23.9 Å². The lowest BCUT2D eigenvalue weighted by Crippen LogP contribution is -2.29. The van der Waals surface area contributed by atoms with Gasteiger partial charge in [-0.1, -0.05) is 22.9 Å². The molecule has 0 saturated heterocycles. The van der Waals surface area contributed by atoms with E-state index in [2.05, 4.69) is 15.5 Å². The first-order valence-electron chi connectivity index (χ1n) is 8.89. The number of fused-ring (bicyclic) bond motifs is 1. The minimum absolute atomic E-state index is 0.0366. The zero-order valence-electron chi connectivity index (χ0n) is 15.9. The van der Waals surface area contributed by atoms with Crippen molar-refractivity contribution in [2.45, 2.75) is 6.92 Å². The maximum absolute atomic E-state index is 12.7. The van der Waals surface area contributed by atoms with Crippen LogP contribution >= 0.6 is 22.9 Å². The number of imide groups is 1. The largest absolute Gasteiger partial charge is 0.452 e. The minimum Gasteiger partial charge on any atom is -0.452 e. The second-order valence-electron chi connectivity index (χ2n) is 6.44. The molecule has 0 atom stereocenters. The Balaban J connectivity index is 1.43. The van der Waals surface area contributed by atoms with Gasteiger partial charge in [0.25, 0.3) is 17.7 Å². The highest BCUT2D eigenvalue weighted by Gasteiger charge is 2.39. The number of rotatable bonds is 5. The minimum atomic E-state index is -0.806. The summed E-state index contributed by atoms with van der Waals surface area (Å²) in [7, 11) is 0. The molecule has 1 aromatic heterocycles. The van der Waals surface area contributed by atoms with Crippen molar-refractivity contribution >= 4 is 57.4 Å². The van der Waals surface area contributed by atoms with Crippen molar-refractivity contribution in [3.05, 3.63) is 69.2 Å². The molecular weight excluding hydrogens is 444 g/mol. The molecule has 0 aliphatic carbocycles. The van der Waals surface area contributed by atoms with Gasteiger partial charge in [-0.05, 0) is 49.4 Å². The summed E-state index contributed by atoms with van der Waals surface area (Å²) in [6, 6.07) is 10.4. The van der Waals surface area contributed by atoms with E-state index in [1.807, 2.05) is 0 Å². The average Bonchev–Trinajstić information content (AvgIpc) is 3.28. The fourth-order valence-corrected chi connectivity index (χ4v) is 3.67. The Morgan fingerprint density at radius 1 is 1.06 bits per heavy atom. The smallest absolute Gasteiger partial charge is 0.338 e. The third kappa shape index (κ3) is 4.16. The van der Waals surface area contributed by atoms with Crippen molar-refractivity contribution in [1.82, 2.24) is 10.2 Å². The van der Waals surface area contributed by atoms with E-state index in [-0.39, 0.29) is 21.8 Å². The Morgan fingerprint density at radius 2 is 1.77 bits per heavy atom. The van der Waals surface area contributed by atoms with Crippen molar-refractivity contribution in [3.63, 3.8) is 0 Å². The van der Waals surface area contributed by atoms with Gasteiger partial charge in [0.1, 0.15) is 5.01 Å². The zero-order valence-corrected chi connectivity index (χ0v) is 17.5. The average molecular weight is 457 g/mol. The molecule has 11 heteroatoms.